The zero-order valence-electron chi connectivity index (χ0n) is 5.93. The maximum absolute atomic E-state index is 10.6. The molecule has 1 heterocycles. The fourth-order valence-corrected chi connectivity index (χ4v) is 2.42. The minimum atomic E-state index is -0.836. The lowest BCUT2D eigenvalue weighted by molar-refractivity contribution is 0.0701. The van der Waals surface area contributed by atoms with Crippen LogP contribution in [0.1, 0.15) is 22.2 Å². The molecule has 60 valence electrons. The lowest BCUT2D eigenvalue weighted by Gasteiger charge is -1.91. The minimum Gasteiger partial charge on any atom is -0.477 e. The molecule has 0 spiro atoms. The standard InChI is InChI=1S/C7H7BrO2S/c1-2-4-3-5(8)11-6(4)7(9)10/h3H,2H2,1H3,(H,9,10). The Balaban J connectivity index is 3.12. The van der Waals surface area contributed by atoms with Gasteiger partial charge < -0.3 is 5.11 Å². The first-order chi connectivity index (χ1) is 5.15. The van der Waals surface area contributed by atoms with Crippen molar-refractivity contribution < 1.29 is 9.90 Å². The zero-order chi connectivity index (χ0) is 8.43. The molecule has 1 rings (SSSR count). The highest BCUT2D eigenvalue weighted by Gasteiger charge is 2.11. The summed E-state index contributed by atoms with van der Waals surface area (Å²) in [5.74, 6) is -0.836. The van der Waals surface area contributed by atoms with E-state index in [-0.39, 0.29) is 0 Å². The highest BCUT2D eigenvalue weighted by Crippen LogP contribution is 2.27. The van der Waals surface area contributed by atoms with E-state index in [4.69, 9.17) is 5.11 Å². The maximum Gasteiger partial charge on any atom is 0.346 e. The highest BCUT2D eigenvalue weighted by molar-refractivity contribution is 9.11. The quantitative estimate of drug-likeness (QED) is 0.855. The average Bonchev–Trinajstić information content (AvgIpc) is 2.30. The predicted octanol–water partition coefficient (Wildman–Crippen LogP) is 2.77. The molecule has 1 N–H and O–H groups in total. The van der Waals surface area contributed by atoms with Gasteiger partial charge in [0.05, 0.1) is 3.79 Å². The molecule has 0 saturated heterocycles. The van der Waals surface area contributed by atoms with Crippen molar-refractivity contribution in [1.82, 2.24) is 0 Å². The fraction of sp³-hybridized carbons (Fsp3) is 0.286. The molecule has 4 heteroatoms. The molecular weight excluding hydrogens is 228 g/mol. The Bertz CT molecular complexity index is 280. The van der Waals surface area contributed by atoms with Crippen LogP contribution >= 0.6 is 27.3 Å². The molecule has 0 fully saturated rings. The van der Waals surface area contributed by atoms with Crippen molar-refractivity contribution in [2.24, 2.45) is 0 Å². The predicted molar refractivity (Wildman–Crippen MR) is 48.4 cm³/mol. The Morgan fingerprint density at radius 2 is 2.45 bits per heavy atom. The van der Waals surface area contributed by atoms with Crippen molar-refractivity contribution in [2.75, 3.05) is 0 Å². The molecule has 0 aliphatic heterocycles. The molecule has 0 saturated carbocycles. The van der Waals surface area contributed by atoms with Crippen LogP contribution in [-0.2, 0) is 6.42 Å². The van der Waals surface area contributed by atoms with Gasteiger partial charge >= 0.3 is 5.97 Å². The SMILES string of the molecule is CCc1cc(Br)sc1C(=O)O. The van der Waals surface area contributed by atoms with E-state index in [9.17, 15) is 4.79 Å². The summed E-state index contributed by atoms with van der Waals surface area (Å²) in [7, 11) is 0. The van der Waals surface area contributed by atoms with Crippen molar-refractivity contribution in [1.29, 1.82) is 0 Å². The molecule has 11 heavy (non-hydrogen) atoms. The van der Waals surface area contributed by atoms with Gasteiger partial charge in [-0.1, -0.05) is 6.92 Å². The summed E-state index contributed by atoms with van der Waals surface area (Å²) in [6.07, 6.45) is 0.768. The first-order valence-corrected chi connectivity index (χ1v) is 4.77. The number of rotatable bonds is 2. The summed E-state index contributed by atoms with van der Waals surface area (Å²) in [4.78, 5) is 11.0. The fourth-order valence-electron chi connectivity index (χ4n) is 0.839. The van der Waals surface area contributed by atoms with Gasteiger partial charge in [0.15, 0.2) is 0 Å². The average molecular weight is 235 g/mol. The number of hydrogen-bond donors (Lipinski definition) is 1. The van der Waals surface area contributed by atoms with Crippen LogP contribution in [0.2, 0.25) is 0 Å². The third-order valence-electron chi connectivity index (χ3n) is 1.35. The Kier molecular flexibility index (Phi) is 2.67. The molecule has 1 aromatic rings. The largest absolute Gasteiger partial charge is 0.477 e. The number of thiophene rings is 1. The van der Waals surface area contributed by atoms with Crippen LogP contribution in [-0.4, -0.2) is 11.1 Å². The van der Waals surface area contributed by atoms with E-state index in [0.717, 1.165) is 15.8 Å². The third kappa shape index (κ3) is 1.81. The summed E-state index contributed by atoms with van der Waals surface area (Å²) in [6, 6.07) is 1.86. The Labute approximate surface area is 77.0 Å². The number of carboxylic acids is 1. The number of aryl methyl sites for hydroxylation is 1. The van der Waals surface area contributed by atoms with E-state index in [2.05, 4.69) is 15.9 Å². The van der Waals surface area contributed by atoms with Crippen molar-refractivity contribution in [2.45, 2.75) is 13.3 Å². The van der Waals surface area contributed by atoms with E-state index in [1.165, 1.54) is 11.3 Å². The minimum absolute atomic E-state index is 0.444. The number of carboxylic acid groups (broad SMARTS) is 1. The van der Waals surface area contributed by atoms with Gasteiger partial charge in [0.2, 0.25) is 0 Å². The summed E-state index contributed by atoms with van der Waals surface area (Å²) in [6.45, 7) is 1.95. The first kappa shape index (κ1) is 8.74. The lowest BCUT2D eigenvalue weighted by Crippen LogP contribution is -1.95. The summed E-state index contributed by atoms with van der Waals surface area (Å²) in [5.41, 5.74) is 0.898. The second kappa shape index (κ2) is 3.36. The van der Waals surface area contributed by atoms with Crippen LogP contribution in [0.4, 0.5) is 0 Å². The van der Waals surface area contributed by atoms with Crippen LogP contribution in [0.5, 0.6) is 0 Å². The van der Waals surface area contributed by atoms with E-state index >= 15 is 0 Å². The van der Waals surface area contributed by atoms with Gasteiger partial charge in [-0.25, -0.2) is 4.79 Å². The third-order valence-corrected chi connectivity index (χ3v) is 3.02. The summed E-state index contributed by atoms with van der Waals surface area (Å²) < 4.78 is 0.881. The van der Waals surface area contributed by atoms with E-state index < -0.39 is 5.97 Å². The summed E-state index contributed by atoms with van der Waals surface area (Å²) in [5, 5.41) is 8.70. The van der Waals surface area contributed by atoms with Crippen LogP contribution in [0, 0.1) is 0 Å². The zero-order valence-corrected chi connectivity index (χ0v) is 8.33. The van der Waals surface area contributed by atoms with Gasteiger partial charge in [0.25, 0.3) is 0 Å². The van der Waals surface area contributed by atoms with Crippen molar-refractivity contribution >= 4 is 33.2 Å². The highest BCUT2D eigenvalue weighted by atomic mass is 79.9. The van der Waals surface area contributed by atoms with E-state index in [1.807, 2.05) is 13.0 Å². The van der Waals surface area contributed by atoms with Crippen LogP contribution in [0.25, 0.3) is 0 Å². The van der Waals surface area contributed by atoms with Gasteiger partial charge in [-0.2, -0.15) is 0 Å². The van der Waals surface area contributed by atoms with Crippen LogP contribution in [0.3, 0.4) is 0 Å². The van der Waals surface area contributed by atoms with Gasteiger partial charge in [0.1, 0.15) is 4.88 Å². The van der Waals surface area contributed by atoms with Gasteiger partial charge in [0, 0.05) is 0 Å². The molecule has 2 nitrogen and oxygen atoms in total. The van der Waals surface area contributed by atoms with Crippen LogP contribution in [0.15, 0.2) is 9.85 Å². The lowest BCUT2D eigenvalue weighted by atomic mass is 10.2. The second-order valence-corrected chi connectivity index (χ2v) is 4.50. The van der Waals surface area contributed by atoms with Gasteiger partial charge in [-0.3, -0.25) is 0 Å². The molecule has 0 atom stereocenters. The van der Waals surface area contributed by atoms with Crippen molar-refractivity contribution in [3.63, 3.8) is 0 Å². The molecule has 0 unspecified atom stereocenters. The molecule has 1 aromatic heterocycles. The molecule has 0 amide bonds. The number of hydrogen-bond acceptors (Lipinski definition) is 2. The molecule has 0 aromatic carbocycles. The second-order valence-electron chi connectivity index (χ2n) is 2.06. The monoisotopic (exact) mass is 234 g/mol. The molecule has 0 radical (unpaired) electrons. The number of carbonyl (C=O) groups is 1. The van der Waals surface area contributed by atoms with Gasteiger partial charge in [-0.15, -0.1) is 11.3 Å². The van der Waals surface area contributed by atoms with Crippen molar-refractivity contribution in [3.05, 3.63) is 20.3 Å². The number of aromatic carboxylic acids is 1. The Morgan fingerprint density at radius 1 is 1.82 bits per heavy atom. The van der Waals surface area contributed by atoms with E-state index in [0.29, 0.717) is 4.88 Å². The normalized spacial score (nSPS) is 10.0. The first-order valence-electron chi connectivity index (χ1n) is 3.16. The smallest absolute Gasteiger partial charge is 0.346 e. The van der Waals surface area contributed by atoms with Crippen molar-refractivity contribution in [3.8, 4) is 0 Å². The van der Waals surface area contributed by atoms with Gasteiger partial charge in [-0.05, 0) is 34.0 Å². The molecule has 0 bridgehead atoms. The molecular formula is C7H7BrO2S. The molecule has 0 aliphatic rings. The van der Waals surface area contributed by atoms with Crippen LogP contribution < -0.4 is 0 Å². The molecule has 0 aliphatic carbocycles. The summed E-state index contributed by atoms with van der Waals surface area (Å²) >= 11 is 4.51. The van der Waals surface area contributed by atoms with E-state index in [1.54, 1.807) is 0 Å². The Morgan fingerprint density at radius 3 is 2.82 bits per heavy atom. The topological polar surface area (TPSA) is 37.3 Å². The maximum atomic E-state index is 10.6. The number of halogens is 1. The Hall–Kier alpha value is -0.350.